The molecule has 0 atom stereocenters. The highest BCUT2D eigenvalue weighted by Gasteiger charge is 2.32. The zero-order valence-electron chi connectivity index (χ0n) is 12.2. The van der Waals surface area contributed by atoms with E-state index in [4.69, 9.17) is 4.74 Å². The molecule has 116 valence electrons. The van der Waals surface area contributed by atoms with Crippen LogP contribution in [0.4, 0.5) is 4.39 Å². The maximum absolute atomic E-state index is 12.8. The Bertz CT molecular complexity index is 608. The van der Waals surface area contributed by atoms with Crippen LogP contribution < -0.4 is 4.74 Å². The van der Waals surface area contributed by atoms with Crippen LogP contribution in [0.25, 0.3) is 0 Å². The number of benzene rings is 1. The first kappa shape index (κ1) is 15.0. The van der Waals surface area contributed by atoms with E-state index in [0.29, 0.717) is 31.4 Å². The Labute approximate surface area is 133 Å². The Hall–Kier alpha value is -1.88. The van der Waals surface area contributed by atoms with Crippen LogP contribution in [0.2, 0.25) is 0 Å². The Morgan fingerprint density at radius 1 is 1.27 bits per heavy atom. The monoisotopic (exact) mass is 319 g/mol. The standard InChI is InChI=1S/C17H18FNO2S/c18-13-3-7-15(8-4-13)21-10-9-17(20)19(14-5-6-14)12-16-2-1-11-22-16/h1-4,7-8,11,14H,5-6,9-10,12H2. The zero-order chi connectivity index (χ0) is 15.4. The summed E-state index contributed by atoms with van der Waals surface area (Å²) in [6, 6.07) is 10.3. The molecule has 22 heavy (non-hydrogen) atoms. The Morgan fingerprint density at radius 2 is 2.05 bits per heavy atom. The molecule has 0 unspecified atom stereocenters. The van der Waals surface area contributed by atoms with Gasteiger partial charge in [-0.25, -0.2) is 4.39 Å². The molecule has 2 aromatic rings. The fraction of sp³-hybridized carbons (Fsp3) is 0.353. The molecular formula is C17H18FNO2S. The van der Waals surface area contributed by atoms with Crippen molar-refractivity contribution in [2.24, 2.45) is 0 Å². The van der Waals surface area contributed by atoms with Gasteiger partial charge in [-0.1, -0.05) is 6.07 Å². The van der Waals surface area contributed by atoms with Crippen LogP contribution in [-0.4, -0.2) is 23.5 Å². The molecule has 1 aromatic carbocycles. The number of halogens is 1. The summed E-state index contributed by atoms with van der Waals surface area (Å²) in [6.45, 7) is 1.01. The van der Waals surface area contributed by atoms with Gasteiger partial charge in [0.05, 0.1) is 19.6 Å². The van der Waals surface area contributed by atoms with Crippen molar-refractivity contribution in [3.05, 3.63) is 52.5 Å². The Balaban J connectivity index is 1.50. The topological polar surface area (TPSA) is 29.5 Å². The van der Waals surface area contributed by atoms with E-state index in [9.17, 15) is 9.18 Å². The lowest BCUT2D eigenvalue weighted by molar-refractivity contribution is -0.132. The fourth-order valence-electron chi connectivity index (χ4n) is 2.31. The molecule has 1 fully saturated rings. The molecule has 0 N–H and O–H groups in total. The molecule has 3 nitrogen and oxygen atoms in total. The van der Waals surface area contributed by atoms with Gasteiger partial charge in [0, 0.05) is 10.9 Å². The second-order valence-corrected chi connectivity index (χ2v) is 6.42. The molecule has 3 rings (SSSR count). The maximum atomic E-state index is 12.8. The van der Waals surface area contributed by atoms with Crippen molar-refractivity contribution in [2.45, 2.75) is 31.8 Å². The van der Waals surface area contributed by atoms with Crippen molar-refractivity contribution < 1.29 is 13.9 Å². The smallest absolute Gasteiger partial charge is 0.226 e. The molecule has 1 heterocycles. The van der Waals surface area contributed by atoms with Crippen LogP contribution in [0.15, 0.2) is 41.8 Å². The van der Waals surface area contributed by atoms with E-state index in [1.54, 1.807) is 23.5 Å². The second kappa shape index (κ2) is 6.92. The summed E-state index contributed by atoms with van der Waals surface area (Å²) >= 11 is 1.68. The predicted octanol–water partition coefficient (Wildman–Crippen LogP) is 3.85. The van der Waals surface area contributed by atoms with Crippen molar-refractivity contribution in [1.29, 1.82) is 0 Å². The minimum absolute atomic E-state index is 0.123. The Morgan fingerprint density at radius 3 is 2.68 bits per heavy atom. The molecule has 0 aliphatic heterocycles. The number of thiophene rings is 1. The van der Waals surface area contributed by atoms with E-state index in [1.165, 1.54) is 17.0 Å². The zero-order valence-corrected chi connectivity index (χ0v) is 13.0. The van der Waals surface area contributed by atoms with Gasteiger partial charge in [-0.05, 0) is 48.6 Å². The summed E-state index contributed by atoms with van der Waals surface area (Å²) in [5.74, 6) is 0.419. The first-order valence-electron chi connectivity index (χ1n) is 7.42. The van der Waals surface area contributed by atoms with Crippen molar-refractivity contribution in [3.63, 3.8) is 0 Å². The third-order valence-corrected chi connectivity index (χ3v) is 4.47. The first-order chi connectivity index (χ1) is 10.7. The van der Waals surface area contributed by atoms with Crippen LogP contribution >= 0.6 is 11.3 Å². The van der Waals surface area contributed by atoms with E-state index in [-0.39, 0.29) is 11.7 Å². The first-order valence-corrected chi connectivity index (χ1v) is 8.30. The minimum atomic E-state index is -0.292. The summed E-state index contributed by atoms with van der Waals surface area (Å²) in [5, 5.41) is 2.03. The second-order valence-electron chi connectivity index (χ2n) is 5.38. The van der Waals surface area contributed by atoms with Gasteiger partial charge >= 0.3 is 0 Å². The van der Waals surface area contributed by atoms with Gasteiger partial charge in [-0.2, -0.15) is 0 Å². The summed E-state index contributed by atoms with van der Waals surface area (Å²) in [6.07, 6.45) is 2.53. The molecule has 0 radical (unpaired) electrons. The lowest BCUT2D eigenvalue weighted by Crippen LogP contribution is -2.33. The lowest BCUT2D eigenvalue weighted by Gasteiger charge is -2.22. The number of hydrogen-bond donors (Lipinski definition) is 0. The van der Waals surface area contributed by atoms with Gasteiger partial charge < -0.3 is 9.64 Å². The van der Waals surface area contributed by atoms with Crippen LogP contribution in [-0.2, 0) is 11.3 Å². The molecule has 0 spiro atoms. The predicted molar refractivity (Wildman–Crippen MR) is 84.4 cm³/mol. The molecule has 0 saturated heterocycles. The van der Waals surface area contributed by atoms with Crippen molar-refractivity contribution >= 4 is 17.2 Å². The molecule has 1 saturated carbocycles. The van der Waals surface area contributed by atoms with E-state index < -0.39 is 0 Å². The molecule has 1 aliphatic carbocycles. The van der Waals surface area contributed by atoms with Gasteiger partial charge in [0.15, 0.2) is 0 Å². The highest BCUT2D eigenvalue weighted by molar-refractivity contribution is 7.09. The van der Waals surface area contributed by atoms with E-state index in [2.05, 4.69) is 6.07 Å². The number of amides is 1. The fourth-order valence-corrected chi connectivity index (χ4v) is 3.01. The summed E-state index contributed by atoms with van der Waals surface area (Å²) < 4.78 is 18.3. The summed E-state index contributed by atoms with van der Waals surface area (Å²) in [7, 11) is 0. The Kier molecular flexibility index (Phi) is 4.73. The number of carbonyl (C=O) groups excluding carboxylic acids is 1. The molecule has 1 aromatic heterocycles. The van der Waals surface area contributed by atoms with Crippen LogP contribution in [0.3, 0.4) is 0 Å². The number of hydrogen-bond acceptors (Lipinski definition) is 3. The van der Waals surface area contributed by atoms with Gasteiger partial charge in [0.2, 0.25) is 5.91 Å². The van der Waals surface area contributed by atoms with E-state index in [0.717, 1.165) is 12.8 Å². The third-order valence-electron chi connectivity index (χ3n) is 3.61. The van der Waals surface area contributed by atoms with Crippen LogP contribution in [0, 0.1) is 5.82 Å². The third kappa shape index (κ3) is 4.07. The SMILES string of the molecule is O=C(CCOc1ccc(F)cc1)N(Cc1cccs1)C1CC1. The quantitative estimate of drug-likeness (QED) is 0.776. The van der Waals surface area contributed by atoms with Gasteiger partial charge in [-0.15, -0.1) is 11.3 Å². The maximum Gasteiger partial charge on any atom is 0.226 e. The van der Waals surface area contributed by atoms with Crippen LogP contribution in [0.5, 0.6) is 5.75 Å². The largest absolute Gasteiger partial charge is 0.493 e. The number of rotatable bonds is 7. The van der Waals surface area contributed by atoms with E-state index in [1.807, 2.05) is 16.3 Å². The number of nitrogens with zero attached hydrogens (tertiary/aromatic N) is 1. The van der Waals surface area contributed by atoms with Crippen molar-refractivity contribution in [2.75, 3.05) is 6.61 Å². The van der Waals surface area contributed by atoms with Crippen molar-refractivity contribution in [1.82, 2.24) is 4.90 Å². The van der Waals surface area contributed by atoms with E-state index >= 15 is 0 Å². The number of ether oxygens (including phenoxy) is 1. The molecule has 5 heteroatoms. The van der Waals surface area contributed by atoms with Crippen LogP contribution in [0.1, 0.15) is 24.1 Å². The number of carbonyl (C=O) groups is 1. The molecule has 1 aliphatic rings. The normalized spacial score (nSPS) is 13.9. The molecular weight excluding hydrogens is 301 g/mol. The van der Waals surface area contributed by atoms with Crippen molar-refractivity contribution in [3.8, 4) is 5.75 Å². The highest BCUT2D eigenvalue weighted by atomic mass is 32.1. The molecule has 0 bridgehead atoms. The minimum Gasteiger partial charge on any atom is -0.493 e. The van der Waals surface area contributed by atoms with Gasteiger partial charge in [-0.3, -0.25) is 4.79 Å². The average molecular weight is 319 g/mol. The summed E-state index contributed by atoms with van der Waals surface area (Å²) in [4.78, 5) is 15.6. The molecule has 1 amide bonds. The summed E-state index contributed by atoms with van der Waals surface area (Å²) in [5.41, 5.74) is 0. The highest BCUT2D eigenvalue weighted by Crippen LogP contribution is 2.29. The lowest BCUT2D eigenvalue weighted by atomic mass is 10.3. The van der Waals surface area contributed by atoms with Gasteiger partial charge in [0.1, 0.15) is 11.6 Å². The van der Waals surface area contributed by atoms with Gasteiger partial charge in [0.25, 0.3) is 0 Å². The average Bonchev–Trinajstić information content (AvgIpc) is 3.23.